The van der Waals surface area contributed by atoms with Gasteiger partial charge in [0.1, 0.15) is 22.8 Å². The number of hydrogen-bond donors (Lipinski definition) is 1. The number of thiophene rings is 1. The van der Waals surface area contributed by atoms with Crippen molar-refractivity contribution in [3.8, 4) is 0 Å². The summed E-state index contributed by atoms with van der Waals surface area (Å²) in [5.74, 6) is -0.301. The molecule has 0 fully saturated rings. The molecular weight excluding hydrogens is 445 g/mol. The molecule has 0 aliphatic carbocycles. The Balaban J connectivity index is 1.57. The second-order valence-corrected chi connectivity index (χ2v) is 8.57. The van der Waals surface area contributed by atoms with Crippen molar-refractivity contribution in [2.45, 2.75) is 19.6 Å². The van der Waals surface area contributed by atoms with E-state index in [9.17, 15) is 18.8 Å². The minimum Gasteiger partial charge on any atom is -0.467 e. The Hall–Kier alpha value is -3.98. The van der Waals surface area contributed by atoms with Crippen molar-refractivity contribution < 1.29 is 13.6 Å². The average molecular weight is 463 g/mol. The Labute approximate surface area is 190 Å². The van der Waals surface area contributed by atoms with Crippen LogP contribution in [0.5, 0.6) is 0 Å². The van der Waals surface area contributed by atoms with Crippen LogP contribution < -0.4 is 16.6 Å². The highest BCUT2D eigenvalue weighted by molar-refractivity contribution is 7.25. The molecule has 1 N–H and O–H groups in total. The Morgan fingerprint density at radius 1 is 1.00 bits per heavy atom. The van der Waals surface area contributed by atoms with Gasteiger partial charge in [-0.25, -0.2) is 9.18 Å². The van der Waals surface area contributed by atoms with Crippen LogP contribution in [-0.2, 0) is 24.4 Å². The lowest BCUT2D eigenvalue weighted by Gasteiger charge is -2.12. The van der Waals surface area contributed by atoms with E-state index in [4.69, 9.17) is 4.42 Å². The first-order chi connectivity index (χ1) is 16.0. The normalized spacial score (nSPS) is 11.3. The molecular formula is C24H18FN3O4S. The average Bonchev–Trinajstić information content (AvgIpc) is 3.47. The van der Waals surface area contributed by atoms with Crippen LogP contribution in [0.15, 0.2) is 80.9 Å². The minimum absolute atomic E-state index is 0.0357. The number of carbonyl (C=O) groups excluding carboxylic acids is 1. The van der Waals surface area contributed by atoms with Gasteiger partial charge in [0.05, 0.1) is 18.3 Å². The molecule has 5 aromatic rings. The van der Waals surface area contributed by atoms with E-state index in [0.29, 0.717) is 16.0 Å². The molecule has 0 aliphatic rings. The third kappa shape index (κ3) is 3.98. The lowest BCUT2D eigenvalue weighted by atomic mass is 10.2. The molecule has 0 aliphatic heterocycles. The Kier molecular flexibility index (Phi) is 5.39. The third-order valence-corrected chi connectivity index (χ3v) is 6.49. The molecule has 1 amide bonds. The number of benzene rings is 2. The van der Waals surface area contributed by atoms with E-state index >= 15 is 0 Å². The summed E-state index contributed by atoms with van der Waals surface area (Å²) < 4.78 is 22.1. The fourth-order valence-corrected chi connectivity index (χ4v) is 4.90. The molecule has 0 unspecified atom stereocenters. The van der Waals surface area contributed by atoms with E-state index in [1.54, 1.807) is 24.3 Å². The van der Waals surface area contributed by atoms with Crippen molar-refractivity contribution in [3.05, 3.63) is 105 Å². The van der Waals surface area contributed by atoms with Gasteiger partial charge in [0.15, 0.2) is 0 Å². The number of nitrogens with one attached hydrogen (secondary N) is 1. The van der Waals surface area contributed by atoms with E-state index in [1.165, 1.54) is 34.3 Å². The highest BCUT2D eigenvalue weighted by atomic mass is 32.1. The van der Waals surface area contributed by atoms with Gasteiger partial charge in [0.2, 0.25) is 5.91 Å². The Morgan fingerprint density at radius 2 is 1.79 bits per heavy atom. The topological polar surface area (TPSA) is 86.2 Å². The number of nitrogens with zero attached hydrogens (tertiary/aromatic N) is 2. The van der Waals surface area contributed by atoms with Crippen molar-refractivity contribution in [1.82, 2.24) is 14.5 Å². The van der Waals surface area contributed by atoms with Crippen LogP contribution in [0, 0.1) is 5.82 Å². The molecule has 9 heteroatoms. The van der Waals surface area contributed by atoms with Gasteiger partial charge in [-0.3, -0.25) is 18.7 Å². The lowest BCUT2D eigenvalue weighted by molar-refractivity contribution is -0.121. The van der Waals surface area contributed by atoms with Crippen LogP contribution in [0.2, 0.25) is 0 Å². The molecule has 166 valence electrons. The predicted octanol–water partition coefficient (Wildman–Crippen LogP) is 3.47. The van der Waals surface area contributed by atoms with E-state index < -0.39 is 17.2 Å². The summed E-state index contributed by atoms with van der Waals surface area (Å²) in [4.78, 5) is 39.4. The van der Waals surface area contributed by atoms with Crippen molar-refractivity contribution in [2.24, 2.45) is 0 Å². The second-order valence-electron chi connectivity index (χ2n) is 7.52. The quantitative estimate of drug-likeness (QED) is 0.418. The summed E-state index contributed by atoms with van der Waals surface area (Å²) >= 11 is 1.29. The molecule has 0 spiro atoms. The van der Waals surface area contributed by atoms with Crippen LogP contribution in [-0.4, -0.2) is 15.0 Å². The van der Waals surface area contributed by atoms with Gasteiger partial charge in [-0.05, 0) is 35.9 Å². The first-order valence-electron chi connectivity index (χ1n) is 10.2. The van der Waals surface area contributed by atoms with Crippen LogP contribution >= 0.6 is 11.3 Å². The zero-order chi connectivity index (χ0) is 22.9. The molecule has 33 heavy (non-hydrogen) atoms. The maximum Gasteiger partial charge on any atom is 0.332 e. The standard InChI is InChI=1S/C24H18FN3O4S/c25-16-9-7-15(8-10-16)12-26-20(29)14-27-21-18-5-1-2-6-19(18)33-22(21)23(30)28(24(27)31)13-17-4-3-11-32-17/h1-11H,12-14H2,(H,26,29). The fourth-order valence-electron chi connectivity index (χ4n) is 3.74. The summed E-state index contributed by atoms with van der Waals surface area (Å²) in [7, 11) is 0. The van der Waals surface area contributed by atoms with Crippen molar-refractivity contribution in [2.75, 3.05) is 0 Å². The zero-order valence-electron chi connectivity index (χ0n) is 17.3. The minimum atomic E-state index is -0.593. The number of furan rings is 1. The first kappa shape index (κ1) is 20.9. The molecule has 0 radical (unpaired) electrons. The van der Waals surface area contributed by atoms with Crippen molar-refractivity contribution in [3.63, 3.8) is 0 Å². The summed E-state index contributed by atoms with van der Waals surface area (Å²) in [5, 5.41) is 3.49. The first-order valence-corrected chi connectivity index (χ1v) is 11.0. The van der Waals surface area contributed by atoms with E-state index in [0.717, 1.165) is 20.2 Å². The molecule has 0 saturated carbocycles. The van der Waals surface area contributed by atoms with Gasteiger partial charge in [-0.1, -0.05) is 30.3 Å². The highest BCUT2D eigenvalue weighted by Gasteiger charge is 2.20. The summed E-state index contributed by atoms with van der Waals surface area (Å²) in [6.45, 7) is -0.116. The van der Waals surface area contributed by atoms with Crippen LogP contribution in [0.1, 0.15) is 11.3 Å². The smallest absolute Gasteiger partial charge is 0.332 e. The lowest BCUT2D eigenvalue weighted by Crippen LogP contribution is -2.42. The maximum absolute atomic E-state index is 13.4. The summed E-state index contributed by atoms with van der Waals surface area (Å²) in [6, 6.07) is 16.5. The number of rotatable bonds is 6. The SMILES string of the molecule is O=C(Cn1c(=O)n(Cc2ccco2)c(=O)c2sc3ccccc3c21)NCc1ccc(F)cc1. The number of carbonyl (C=O) groups is 1. The number of fused-ring (bicyclic) bond motifs is 3. The van der Waals surface area contributed by atoms with Gasteiger partial charge in [-0.2, -0.15) is 0 Å². The van der Waals surface area contributed by atoms with Crippen molar-refractivity contribution >= 4 is 37.5 Å². The van der Waals surface area contributed by atoms with Crippen molar-refractivity contribution in [1.29, 1.82) is 0 Å². The van der Waals surface area contributed by atoms with Crippen LogP contribution in [0.3, 0.4) is 0 Å². The summed E-state index contributed by atoms with van der Waals surface area (Å²) in [5.41, 5.74) is 0.157. The largest absolute Gasteiger partial charge is 0.467 e. The molecule has 0 atom stereocenters. The van der Waals surface area contributed by atoms with Gasteiger partial charge in [0.25, 0.3) is 5.56 Å². The van der Waals surface area contributed by atoms with E-state index in [-0.39, 0.29) is 25.5 Å². The summed E-state index contributed by atoms with van der Waals surface area (Å²) in [6.07, 6.45) is 1.47. The van der Waals surface area contributed by atoms with E-state index in [1.807, 2.05) is 24.3 Å². The molecule has 0 saturated heterocycles. The Morgan fingerprint density at radius 3 is 2.55 bits per heavy atom. The molecule has 0 bridgehead atoms. The monoisotopic (exact) mass is 463 g/mol. The Bertz CT molecular complexity index is 1580. The van der Waals surface area contributed by atoms with Gasteiger partial charge in [-0.15, -0.1) is 11.3 Å². The van der Waals surface area contributed by atoms with Gasteiger partial charge < -0.3 is 9.73 Å². The van der Waals surface area contributed by atoms with Gasteiger partial charge in [0, 0.05) is 16.6 Å². The number of hydrogen-bond acceptors (Lipinski definition) is 5. The fraction of sp³-hybridized carbons (Fsp3) is 0.125. The number of halogens is 1. The highest BCUT2D eigenvalue weighted by Crippen LogP contribution is 2.30. The van der Waals surface area contributed by atoms with E-state index in [2.05, 4.69) is 5.32 Å². The maximum atomic E-state index is 13.4. The number of aromatic nitrogens is 2. The predicted molar refractivity (Wildman–Crippen MR) is 124 cm³/mol. The van der Waals surface area contributed by atoms with Crippen LogP contribution in [0.4, 0.5) is 4.39 Å². The second kappa shape index (κ2) is 8.51. The molecule has 2 aromatic carbocycles. The number of amides is 1. The zero-order valence-corrected chi connectivity index (χ0v) is 18.1. The molecule has 5 rings (SSSR count). The van der Waals surface area contributed by atoms with Gasteiger partial charge >= 0.3 is 5.69 Å². The van der Waals surface area contributed by atoms with Crippen LogP contribution in [0.25, 0.3) is 20.3 Å². The molecule has 7 nitrogen and oxygen atoms in total. The molecule has 3 aromatic heterocycles. The molecule has 3 heterocycles. The third-order valence-electron chi connectivity index (χ3n) is 5.34.